The van der Waals surface area contributed by atoms with Crippen LogP contribution in [0.3, 0.4) is 0 Å². The highest BCUT2D eigenvalue weighted by atomic mass is 79.9. The zero-order valence-corrected chi connectivity index (χ0v) is 11.9. The van der Waals surface area contributed by atoms with Crippen molar-refractivity contribution in [3.63, 3.8) is 0 Å². The topological polar surface area (TPSA) is 78.9 Å². The molecule has 0 amide bonds. The number of hydrogen-bond acceptors (Lipinski definition) is 3. The summed E-state index contributed by atoms with van der Waals surface area (Å²) in [5, 5.41) is 22.5. The Morgan fingerprint density at radius 3 is 2.68 bits per heavy atom. The maximum Gasteiger partial charge on any atom is 0.339 e. The fourth-order valence-electron chi connectivity index (χ4n) is 1.96. The summed E-state index contributed by atoms with van der Waals surface area (Å²) in [5.41, 5.74) is 2.09. The summed E-state index contributed by atoms with van der Waals surface area (Å²) in [6, 6.07) is 7.24. The Bertz CT molecular complexity index is 713. The molecule has 0 fully saturated rings. The number of nitrogens with zero attached hydrogens (tertiary/aromatic N) is 3. The van der Waals surface area contributed by atoms with Gasteiger partial charge >= 0.3 is 5.97 Å². The molecule has 0 saturated heterocycles. The second-order valence-electron chi connectivity index (χ2n) is 4.04. The van der Waals surface area contributed by atoms with E-state index in [4.69, 9.17) is 10.4 Å². The molecule has 96 valence electrons. The highest BCUT2D eigenvalue weighted by molar-refractivity contribution is 9.10. The predicted molar refractivity (Wildman–Crippen MR) is 72.4 cm³/mol. The molecule has 1 aromatic carbocycles. The van der Waals surface area contributed by atoms with Gasteiger partial charge < -0.3 is 5.11 Å². The minimum Gasteiger partial charge on any atom is -0.478 e. The van der Waals surface area contributed by atoms with E-state index in [-0.39, 0.29) is 5.56 Å². The van der Waals surface area contributed by atoms with Crippen molar-refractivity contribution in [1.82, 2.24) is 9.78 Å². The van der Waals surface area contributed by atoms with Crippen molar-refractivity contribution >= 4 is 21.9 Å². The lowest BCUT2D eigenvalue weighted by Gasteiger charge is -2.07. The fraction of sp³-hybridized carbons (Fsp3) is 0.154. The maximum absolute atomic E-state index is 11.2. The van der Waals surface area contributed by atoms with Gasteiger partial charge in [0.25, 0.3) is 0 Å². The van der Waals surface area contributed by atoms with Crippen molar-refractivity contribution in [2.45, 2.75) is 13.8 Å². The molecule has 0 aliphatic heterocycles. The monoisotopic (exact) mass is 319 g/mol. The molecule has 0 spiro atoms. The Morgan fingerprint density at radius 1 is 1.47 bits per heavy atom. The normalized spacial score (nSPS) is 10.2. The minimum absolute atomic E-state index is 0.170. The number of aromatic nitrogens is 2. The zero-order chi connectivity index (χ0) is 14.2. The highest BCUT2D eigenvalue weighted by Crippen LogP contribution is 2.23. The number of carbonyl (C=O) groups is 1. The highest BCUT2D eigenvalue weighted by Gasteiger charge is 2.19. The van der Waals surface area contributed by atoms with Crippen LogP contribution in [0, 0.1) is 25.2 Å². The molecule has 6 heteroatoms. The predicted octanol–water partition coefficient (Wildman–Crippen LogP) is 2.82. The molecule has 0 aliphatic carbocycles. The molecule has 0 saturated carbocycles. The molecule has 2 rings (SSSR count). The average Bonchev–Trinajstić information content (AvgIpc) is 2.64. The summed E-state index contributed by atoms with van der Waals surface area (Å²) < 4.78 is 2.29. The van der Waals surface area contributed by atoms with Gasteiger partial charge in [-0.1, -0.05) is 15.9 Å². The van der Waals surface area contributed by atoms with Crippen LogP contribution in [0.1, 0.15) is 27.3 Å². The molecule has 0 bridgehead atoms. The zero-order valence-electron chi connectivity index (χ0n) is 10.3. The van der Waals surface area contributed by atoms with Crippen molar-refractivity contribution < 1.29 is 9.90 Å². The first-order valence-electron chi connectivity index (χ1n) is 5.45. The fourth-order valence-corrected chi connectivity index (χ4v) is 2.31. The van der Waals surface area contributed by atoms with E-state index in [0.717, 1.165) is 4.47 Å². The van der Waals surface area contributed by atoms with Gasteiger partial charge in [0, 0.05) is 4.47 Å². The summed E-state index contributed by atoms with van der Waals surface area (Å²) in [6.07, 6.45) is 0. The van der Waals surface area contributed by atoms with Gasteiger partial charge in [-0.2, -0.15) is 10.4 Å². The molecule has 0 radical (unpaired) electrons. The van der Waals surface area contributed by atoms with Crippen LogP contribution in [0.25, 0.3) is 5.69 Å². The Labute approximate surface area is 118 Å². The smallest absolute Gasteiger partial charge is 0.339 e. The number of halogens is 1. The van der Waals surface area contributed by atoms with E-state index in [1.165, 1.54) is 4.68 Å². The summed E-state index contributed by atoms with van der Waals surface area (Å²) in [4.78, 5) is 11.2. The van der Waals surface area contributed by atoms with Crippen molar-refractivity contribution in [3.05, 3.63) is 45.2 Å². The van der Waals surface area contributed by atoms with E-state index in [9.17, 15) is 4.79 Å². The molecular weight excluding hydrogens is 310 g/mol. The van der Waals surface area contributed by atoms with Gasteiger partial charge in [0.2, 0.25) is 0 Å². The van der Waals surface area contributed by atoms with Gasteiger partial charge in [-0.15, -0.1) is 0 Å². The lowest BCUT2D eigenvalue weighted by molar-refractivity contribution is 0.0695. The van der Waals surface area contributed by atoms with Crippen molar-refractivity contribution in [2.75, 3.05) is 0 Å². The van der Waals surface area contributed by atoms with Gasteiger partial charge in [-0.3, -0.25) is 0 Å². The van der Waals surface area contributed by atoms with E-state index in [0.29, 0.717) is 22.6 Å². The summed E-state index contributed by atoms with van der Waals surface area (Å²) in [7, 11) is 0. The van der Waals surface area contributed by atoms with Crippen LogP contribution >= 0.6 is 15.9 Å². The molecule has 0 aliphatic rings. The van der Waals surface area contributed by atoms with Crippen LogP contribution in [0.15, 0.2) is 22.7 Å². The Kier molecular flexibility index (Phi) is 3.40. The lowest BCUT2D eigenvalue weighted by Crippen LogP contribution is -2.04. The van der Waals surface area contributed by atoms with Crippen LogP contribution in [0.2, 0.25) is 0 Å². The molecule has 1 N–H and O–H groups in total. The van der Waals surface area contributed by atoms with Gasteiger partial charge in [0.15, 0.2) is 0 Å². The molecule has 1 heterocycles. The number of hydrogen-bond donors (Lipinski definition) is 1. The second-order valence-corrected chi connectivity index (χ2v) is 4.95. The summed E-state index contributed by atoms with van der Waals surface area (Å²) in [5.74, 6) is -1.02. The SMILES string of the molecule is Cc1nn(-c2cc(Br)ccc2C#N)c(C)c1C(=O)O. The quantitative estimate of drug-likeness (QED) is 0.923. The Morgan fingerprint density at radius 2 is 2.16 bits per heavy atom. The van der Waals surface area contributed by atoms with Crippen molar-refractivity contribution in [2.24, 2.45) is 0 Å². The van der Waals surface area contributed by atoms with Crippen LogP contribution < -0.4 is 0 Å². The molecule has 1 aromatic heterocycles. The third kappa shape index (κ3) is 2.25. The molecule has 5 nitrogen and oxygen atoms in total. The van der Waals surface area contributed by atoms with Crippen molar-refractivity contribution in [1.29, 1.82) is 5.26 Å². The maximum atomic E-state index is 11.2. The molecular formula is C13H10BrN3O2. The number of benzene rings is 1. The number of carboxylic acid groups (broad SMARTS) is 1. The Balaban J connectivity index is 2.74. The number of aryl methyl sites for hydroxylation is 1. The van der Waals surface area contributed by atoms with Crippen LogP contribution in [-0.2, 0) is 0 Å². The van der Waals surface area contributed by atoms with Gasteiger partial charge in [0.1, 0.15) is 11.6 Å². The molecule has 0 atom stereocenters. The van der Waals surface area contributed by atoms with E-state index >= 15 is 0 Å². The van der Waals surface area contributed by atoms with Gasteiger partial charge in [0.05, 0.1) is 22.6 Å². The number of nitriles is 1. The van der Waals surface area contributed by atoms with Crippen molar-refractivity contribution in [3.8, 4) is 11.8 Å². The Hall–Kier alpha value is -2.13. The van der Waals surface area contributed by atoms with E-state index < -0.39 is 5.97 Å². The number of aromatic carboxylic acids is 1. The van der Waals surface area contributed by atoms with Crippen LogP contribution in [0.4, 0.5) is 0 Å². The largest absolute Gasteiger partial charge is 0.478 e. The second kappa shape index (κ2) is 4.86. The summed E-state index contributed by atoms with van der Waals surface area (Å²) in [6.45, 7) is 3.31. The minimum atomic E-state index is -1.02. The van der Waals surface area contributed by atoms with E-state index in [1.807, 2.05) is 0 Å². The third-order valence-electron chi connectivity index (χ3n) is 2.81. The molecule has 2 aromatic rings. The van der Waals surface area contributed by atoms with Crippen LogP contribution in [-0.4, -0.2) is 20.9 Å². The number of rotatable bonds is 2. The van der Waals surface area contributed by atoms with E-state index in [1.54, 1.807) is 32.0 Å². The first-order chi connectivity index (χ1) is 8.95. The standard InChI is InChI=1S/C13H10BrN3O2/c1-7-12(13(18)19)8(2)17(16-7)11-5-10(14)4-3-9(11)6-15/h3-5H,1-2H3,(H,18,19). The van der Waals surface area contributed by atoms with Gasteiger partial charge in [-0.25, -0.2) is 9.48 Å². The van der Waals surface area contributed by atoms with Gasteiger partial charge in [-0.05, 0) is 32.0 Å². The lowest BCUT2D eigenvalue weighted by atomic mass is 10.1. The first kappa shape index (κ1) is 13.3. The van der Waals surface area contributed by atoms with Crippen LogP contribution in [0.5, 0.6) is 0 Å². The molecule has 0 unspecified atom stereocenters. The summed E-state index contributed by atoms with van der Waals surface area (Å²) >= 11 is 3.33. The average molecular weight is 320 g/mol. The van der Waals surface area contributed by atoms with E-state index in [2.05, 4.69) is 27.1 Å². The molecule has 19 heavy (non-hydrogen) atoms. The first-order valence-corrected chi connectivity index (χ1v) is 6.24. The third-order valence-corrected chi connectivity index (χ3v) is 3.31. The number of carboxylic acids is 1.